The Kier molecular flexibility index (Phi) is 3.68. The molecule has 0 aromatic heterocycles. The summed E-state index contributed by atoms with van der Waals surface area (Å²) in [7, 11) is 0. The van der Waals surface area contributed by atoms with E-state index >= 15 is 0 Å². The lowest BCUT2D eigenvalue weighted by atomic mass is 10.0. The Morgan fingerprint density at radius 3 is 1.72 bits per heavy atom. The molecule has 18 heavy (non-hydrogen) atoms. The maximum atomic E-state index is 5.79. The third-order valence-electron chi connectivity index (χ3n) is 3.24. The predicted octanol–water partition coefficient (Wildman–Crippen LogP) is 2.13. The molecule has 0 radical (unpaired) electrons. The van der Waals surface area contributed by atoms with Crippen LogP contribution < -0.4 is 0 Å². The smallest absolute Gasteiger partial charge is 0.208 e. The summed E-state index contributed by atoms with van der Waals surface area (Å²) >= 11 is 7.23. The zero-order valence-electron chi connectivity index (χ0n) is 9.68. The second-order valence-corrected chi connectivity index (χ2v) is 6.33. The molecule has 100 valence electrons. The largest absolute Gasteiger partial charge is 0.345 e. The van der Waals surface area contributed by atoms with Crippen molar-refractivity contribution in [3.05, 3.63) is 24.3 Å². The average Bonchev–Trinajstić information content (AvgIpc) is 3.03. The van der Waals surface area contributed by atoms with E-state index in [0.717, 1.165) is 0 Å². The zero-order chi connectivity index (χ0) is 12.6. The van der Waals surface area contributed by atoms with E-state index in [9.17, 15) is 0 Å². The lowest BCUT2D eigenvalue weighted by Gasteiger charge is -2.36. The Morgan fingerprint density at radius 1 is 0.778 bits per heavy atom. The van der Waals surface area contributed by atoms with Gasteiger partial charge in [-0.15, -0.1) is 0 Å². The van der Waals surface area contributed by atoms with Crippen LogP contribution in [0.25, 0.3) is 0 Å². The van der Waals surface area contributed by atoms with Crippen molar-refractivity contribution in [3.8, 4) is 0 Å². The fraction of sp³-hybridized carbons (Fsp3) is 0.667. The summed E-state index contributed by atoms with van der Waals surface area (Å²) in [5, 5.41) is 0. The van der Waals surface area contributed by atoms with Crippen LogP contribution in [0.4, 0.5) is 0 Å². The summed E-state index contributed by atoms with van der Waals surface area (Å²) in [4.78, 5) is -0.155. The fourth-order valence-electron chi connectivity index (χ4n) is 2.31. The first-order chi connectivity index (χ1) is 8.67. The maximum Gasteiger partial charge on any atom is 0.208 e. The van der Waals surface area contributed by atoms with Crippen LogP contribution >= 0.6 is 31.9 Å². The van der Waals surface area contributed by atoms with Gasteiger partial charge in [-0.3, -0.25) is 0 Å². The Labute approximate surface area is 123 Å². The quantitative estimate of drug-likeness (QED) is 0.475. The van der Waals surface area contributed by atoms with E-state index < -0.39 is 11.6 Å². The molecule has 0 aromatic rings. The number of alkyl halides is 2. The number of hydrogen-bond donors (Lipinski definition) is 0. The molecule has 0 N–H and O–H groups in total. The molecule has 0 aromatic carbocycles. The van der Waals surface area contributed by atoms with Gasteiger partial charge in [0.2, 0.25) is 11.6 Å². The third kappa shape index (κ3) is 2.13. The van der Waals surface area contributed by atoms with E-state index in [-0.39, 0.29) is 9.65 Å². The molecule has 0 amide bonds. The van der Waals surface area contributed by atoms with Gasteiger partial charge >= 0.3 is 0 Å². The fourth-order valence-corrected chi connectivity index (χ4v) is 4.07. The van der Waals surface area contributed by atoms with E-state index in [1.165, 1.54) is 0 Å². The summed E-state index contributed by atoms with van der Waals surface area (Å²) in [6.45, 7) is 2.41. The number of rotatable bonds is 0. The van der Waals surface area contributed by atoms with Crippen molar-refractivity contribution in [2.75, 3.05) is 26.4 Å². The van der Waals surface area contributed by atoms with Crippen molar-refractivity contribution < 1.29 is 18.9 Å². The molecule has 2 fully saturated rings. The summed E-state index contributed by atoms with van der Waals surface area (Å²) in [6, 6.07) is 0. The molecule has 2 heterocycles. The molecule has 2 saturated heterocycles. The first kappa shape index (κ1) is 13.3. The van der Waals surface area contributed by atoms with E-state index in [1.807, 2.05) is 24.3 Å². The molecule has 0 bridgehead atoms. The molecule has 3 aliphatic rings. The minimum Gasteiger partial charge on any atom is -0.345 e. The van der Waals surface area contributed by atoms with Gasteiger partial charge in [-0.25, -0.2) is 0 Å². The van der Waals surface area contributed by atoms with Gasteiger partial charge in [-0.1, -0.05) is 44.0 Å². The van der Waals surface area contributed by atoms with Crippen LogP contribution in [-0.2, 0) is 18.9 Å². The molecule has 0 saturated carbocycles. The van der Waals surface area contributed by atoms with Gasteiger partial charge < -0.3 is 18.9 Å². The summed E-state index contributed by atoms with van der Waals surface area (Å²) in [5.41, 5.74) is 0. The van der Waals surface area contributed by atoms with Crippen LogP contribution in [0.1, 0.15) is 0 Å². The van der Waals surface area contributed by atoms with Crippen LogP contribution in [0.15, 0.2) is 24.3 Å². The third-order valence-corrected chi connectivity index (χ3v) is 5.13. The maximum absolute atomic E-state index is 5.79. The zero-order valence-corrected chi connectivity index (χ0v) is 12.9. The lowest BCUT2D eigenvalue weighted by Crippen LogP contribution is -2.48. The van der Waals surface area contributed by atoms with Gasteiger partial charge in [0.05, 0.1) is 36.1 Å². The topological polar surface area (TPSA) is 36.9 Å². The molecule has 3 rings (SSSR count). The van der Waals surface area contributed by atoms with Crippen LogP contribution in [0.5, 0.6) is 0 Å². The van der Waals surface area contributed by atoms with Crippen LogP contribution in [0, 0.1) is 0 Å². The van der Waals surface area contributed by atoms with Gasteiger partial charge in [0.15, 0.2) is 0 Å². The van der Waals surface area contributed by atoms with Gasteiger partial charge in [0.1, 0.15) is 0 Å². The Balaban J connectivity index is 1.91. The average molecular weight is 382 g/mol. The summed E-state index contributed by atoms with van der Waals surface area (Å²) in [5.74, 6) is -1.44. The van der Waals surface area contributed by atoms with E-state index in [1.54, 1.807) is 0 Å². The standard InChI is InChI=1S/C12H14Br2O4/c13-9-1-3-11(15-5-6-16-11)4-2-10(14)12(9)17-7-8-18-12/h1-4,9-10H,5-8H2/b3-1-,4-2-/t9-,10-/m1/s1. The molecule has 4 nitrogen and oxygen atoms in total. The molecule has 2 aliphatic heterocycles. The molecular formula is C12H14Br2O4. The molecule has 1 aliphatic carbocycles. The second kappa shape index (κ2) is 5.00. The van der Waals surface area contributed by atoms with E-state index in [4.69, 9.17) is 18.9 Å². The second-order valence-electron chi connectivity index (χ2n) is 4.36. The predicted molar refractivity (Wildman–Crippen MR) is 73.0 cm³/mol. The minimum atomic E-state index is -0.738. The number of halogens is 2. The summed E-state index contributed by atoms with van der Waals surface area (Å²) < 4.78 is 22.9. The van der Waals surface area contributed by atoms with Gasteiger partial charge in [0.25, 0.3) is 0 Å². The lowest BCUT2D eigenvalue weighted by molar-refractivity contribution is -0.142. The number of ether oxygens (including phenoxy) is 4. The Bertz CT molecular complexity index is 346. The molecule has 2 spiro atoms. The highest BCUT2D eigenvalue weighted by atomic mass is 79.9. The number of hydrogen-bond acceptors (Lipinski definition) is 4. The van der Waals surface area contributed by atoms with Gasteiger partial charge in [-0.2, -0.15) is 0 Å². The van der Waals surface area contributed by atoms with Crippen LogP contribution in [0.2, 0.25) is 0 Å². The first-order valence-corrected chi connectivity index (χ1v) is 7.73. The van der Waals surface area contributed by atoms with E-state index in [0.29, 0.717) is 26.4 Å². The normalized spacial score (nSPS) is 40.8. The minimum absolute atomic E-state index is 0.0773. The molecule has 2 atom stereocenters. The highest BCUT2D eigenvalue weighted by Crippen LogP contribution is 2.40. The first-order valence-electron chi connectivity index (χ1n) is 5.90. The van der Waals surface area contributed by atoms with Gasteiger partial charge in [-0.05, 0) is 12.2 Å². The molecule has 6 heteroatoms. The highest BCUT2D eigenvalue weighted by Gasteiger charge is 2.49. The van der Waals surface area contributed by atoms with Crippen molar-refractivity contribution in [1.82, 2.24) is 0 Å². The molecular weight excluding hydrogens is 368 g/mol. The van der Waals surface area contributed by atoms with Crippen molar-refractivity contribution in [3.63, 3.8) is 0 Å². The Morgan fingerprint density at radius 2 is 1.22 bits per heavy atom. The van der Waals surface area contributed by atoms with E-state index in [2.05, 4.69) is 31.9 Å². The Hall–Kier alpha value is 0.280. The van der Waals surface area contributed by atoms with Crippen molar-refractivity contribution in [2.24, 2.45) is 0 Å². The summed E-state index contributed by atoms with van der Waals surface area (Å²) in [6.07, 6.45) is 7.74. The van der Waals surface area contributed by atoms with Crippen LogP contribution in [0.3, 0.4) is 0 Å². The van der Waals surface area contributed by atoms with Crippen molar-refractivity contribution >= 4 is 31.9 Å². The van der Waals surface area contributed by atoms with Crippen molar-refractivity contribution in [1.29, 1.82) is 0 Å². The SMILES string of the molecule is Br[C@@H]1/C=C\C2(/C=C\[C@@H](Br)C13OCCO3)OCCO2. The van der Waals surface area contributed by atoms with Crippen LogP contribution in [-0.4, -0.2) is 47.7 Å². The van der Waals surface area contributed by atoms with Gasteiger partial charge in [0, 0.05) is 0 Å². The van der Waals surface area contributed by atoms with Crippen molar-refractivity contribution in [2.45, 2.75) is 21.2 Å². The monoisotopic (exact) mass is 380 g/mol. The molecule has 0 unspecified atom stereocenters. The highest BCUT2D eigenvalue weighted by molar-refractivity contribution is 9.10.